The van der Waals surface area contributed by atoms with Gasteiger partial charge in [-0.05, 0) is 50.4 Å². The number of halogens is 2. The minimum Gasteiger partial charge on any atom is -0.301 e. The maximum absolute atomic E-state index is 13.6. The average molecular weight is 332 g/mol. The van der Waals surface area contributed by atoms with Gasteiger partial charge >= 0.3 is 0 Å². The Hall–Kier alpha value is -1.05. The number of nitrogens with zero attached hydrogens (tertiary/aromatic N) is 1. The first-order chi connectivity index (χ1) is 10.3. The number of nitrogens with one attached hydrogen (secondary N) is 1. The Morgan fingerprint density at radius 2 is 2.14 bits per heavy atom. The summed E-state index contributed by atoms with van der Waals surface area (Å²) in [6, 6.07) is 2.04. The number of likely N-dealkylation sites (tertiary alicyclic amines) is 1. The maximum atomic E-state index is 13.6. The standard InChI is InChI=1S/C15H22F2N2O2S/c1-11-4-3-7-19(9-11)10-12(2)18-22(20,21)15-8-13(16)5-6-14(15)17/h5-6,8,11-12,18H,3-4,7,9-10H2,1-2H3/t11-,12-/m1/s1. The van der Waals surface area contributed by atoms with Crippen molar-refractivity contribution < 1.29 is 17.2 Å². The van der Waals surface area contributed by atoms with Gasteiger partial charge in [0.05, 0.1) is 0 Å². The van der Waals surface area contributed by atoms with Gasteiger partial charge < -0.3 is 4.90 Å². The van der Waals surface area contributed by atoms with Gasteiger partial charge in [-0.1, -0.05) is 6.92 Å². The highest BCUT2D eigenvalue weighted by atomic mass is 32.2. The Morgan fingerprint density at radius 1 is 1.41 bits per heavy atom. The predicted molar refractivity (Wildman–Crippen MR) is 81.0 cm³/mol. The van der Waals surface area contributed by atoms with Crippen LogP contribution in [0.4, 0.5) is 8.78 Å². The summed E-state index contributed by atoms with van der Waals surface area (Å²) in [4.78, 5) is 1.55. The molecule has 0 spiro atoms. The van der Waals surface area contributed by atoms with E-state index in [1.807, 2.05) is 0 Å². The molecule has 1 heterocycles. The number of benzene rings is 1. The third-order valence-electron chi connectivity index (χ3n) is 3.81. The molecule has 1 aromatic rings. The van der Waals surface area contributed by atoms with Gasteiger partial charge in [0, 0.05) is 19.1 Å². The quantitative estimate of drug-likeness (QED) is 0.900. The van der Waals surface area contributed by atoms with Crippen molar-refractivity contribution in [3.63, 3.8) is 0 Å². The van der Waals surface area contributed by atoms with Crippen molar-refractivity contribution >= 4 is 10.0 Å². The summed E-state index contributed by atoms with van der Waals surface area (Å²) in [5, 5.41) is 0. The lowest BCUT2D eigenvalue weighted by molar-refractivity contribution is 0.174. The van der Waals surface area contributed by atoms with E-state index >= 15 is 0 Å². The van der Waals surface area contributed by atoms with Crippen molar-refractivity contribution in [1.82, 2.24) is 9.62 Å². The van der Waals surface area contributed by atoms with Gasteiger partial charge in [0.15, 0.2) is 0 Å². The SMILES string of the molecule is C[C@@H]1CCCN(C[C@@H](C)NS(=O)(=O)c2cc(F)ccc2F)C1. The molecule has 0 aromatic heterocycles. The van der Waals surface area contributed by atoms with Gasteiger partial charge in [0.25, 0.3) is 0 Å². The zero-order valence-electron chi connectivity index (χ0n) is 12.9. The normalized spacial score (nSPS) is 21.7. The van der Waals surface area contributed by atoms with E-state index in [-0.39, 0.29) is 6.04 Å². The molecule has 2 atom stereocenters. The maximum Gasteiger partial charge on any atom is 0.243 e. The van der Waals surface area contributed by atoms with Gasteiger partial charge in [-0.2, -0.15) is 0 Å². The Labute approximate surface area is 130 Å². The molecule has 1 aliphatic heterocycles. The van der Waals surface area contributed by atoms with Crippen molar-refractivity contribution in [2.75, 3.05) is 19.6 Å². The summed E-state index contributed by atoms with van der Waals surface area (Å²) >= 11 is 0. The second-order valence-electron chi connectivity index (χ2n) is 6.10. The molecule has 0 aliphatic carbocycles. The third-order valence-corrected chi connectivity index (χ3v) is 5.42. The molecule has 1 aromatic carbocycles. The number of hydrogen-bond acceptors (Lipinski definition) is 3. The minimum absolute atomic E-state index is 0.377. The Morgan fingerprint density at radius 3 is 2.82 bits per heavy atom. The summed E-state index contributed by atoms with van der Waals surface area (Å²) in [5.74, 6) is -1.13. The van der Waals surface area contributed by atoms with Crippen molar-refractivity contribution in [2.45, 2.75) is 37.6 Å². The molecular formula is C15H22F2N2O2S. The van der Waals surface area contributed by atoms with Crippen LogP contribution >= 0.6 is 0 Å². The van der Waals surface area contributed by atoms with Gasteiger partial charge in [0.2, 0.25) is 10.0 Å². The highest BCUT2D eigenvalue weighted by Crippen LogP contribution is 2.18. The molecule has 0 saturated carbocycles. The Balaban J connectivity index is 2.03. The van der Waals surface area contributed by atoms with E-state index in [1.165, 1.54) is 6.42 Å². The molecular weight excluding hydrogens is 310 g/mol. The van der Waals surface area contributed by atoms with E-state index in [2.05, 4.69) is 16.5 Å². The molecule has 0 bridgehead atoms. The van der Waals surface area contributed by atoms with Crippen molar-refractivity contribution in [1.29, 1.82) is 0 Å². The van der Waals surface area contributed by atoms with E-state index in [9.17, 15) is 17.2 Å². The third kappa shape index (κ3) is 4.47. The molecule has 22 heavy (non-hydrogen) atoms. The van der Waals surface area contributed by atoms with Gasteiger partial charge in [-0.25, -0.2) is 21.9 Å². The average Bonchev–Trinajstić information content (AvgIpc) is 2.40. The summed E-state index contributed by atoms with van der Waals surface area (Å²) in [7, 11) is -4.07. The summed E-state index contributed by atoms with van der Waals surface area (Å²) in [6.07, 6.45) is 2.28. The summed E-state index contributed by atoms with van der Waals surface area (Å²) in [6.45, 7) is 6.32. The first-order valence-electron chi connectivity index (χ1n) is 7.47. The topological polar surface area (TPSA) is 49.4 Å². The van der Waals surface area contributed by atoms with E-state index in [1.54, 1.807) is 6.92 Å². The molecule has 0 unspecified atom stereocenters. The molecule has 1 saturated heterocycles. The minimum atomic E-state index is -4.07. The highest BCUT2D eigenvalue weighted by molar-refractivity contribution is 7.89. The second kappa shape index (κ2) is 7.02. The van der Waals surface area contributed by atoms with Crippen LogP contribution in [0.5, 0.6) is 0 Å². The highest BCUT2D eigenvalue weighted by Gasteiger charge is 2.24. The molecule has 124 valence electrons. The predicted octanol–water partition coefficient (Wildman–Crippen LogP) is 2.36. The Bertz CT molecular complexity index is 622. The van der Waals surface area contributed by atoms with E-state index in [0.717, 1.165) is 31.6 Å². The fourth-order valence-electron chi connectivity index (χ4n) is 2.89. The number of sulfonamides is 1. The molecule has 1 aliphatic rings. The monoisotopic (exact) mass is 332 g/mol. The first kappa shape index (κ1) is 17.3. The fourth-order valence-corrected chi connectivity index (χ4v) is 4.21. The lowest BCUT2D eigenvalue weighted by atomic mass is 10.00. The number of rotatable bonds is 5. The second-order valence-corrected chi connectivity index (χ2v) is 7.79. The van der Waals surface area contributed by atoms with Crippen LogP contribution in [0.15, 0.2) is 23.1 Å². The zero-order chi connectivity index (χ0) is 16.3. The van der Waals surface area contributed by atoms with E-state index in [4.69, 9.17) is 0 Å². The molecule has 1 N–H and O–H groups in total. The fraction of sp³-hybridized carbons (Fsp3) is 0.600. The summed E-state index contributed by atoms with van der Waals surface area (Å²) in [5.41, 5.74) is 0. The Kier molecular flexibility index (Phi) is 5.52. The largest absolute Gasteiger partial charge is 0.301 e. The van der Waals surface area contributed by atoms with E-state index in [0.29, 0.717) is 18.5 Å². The zero-order valence-corrected chi connectivity index (χ0v) is 13.7. The van der Waals surface area contributed by atoms with E-state index < -0.39 is 26.6 Å². The van der Waals surface area contributed by atoms with Crippen LogP contribution in [-0.4, -0.2) is 39.0 Å². The van der Waals surface area contributed by atoms with Crippen LogP contribution < -0.4 is 4.72 Å². The van der Waals surface area contributed by atoms with Crippen LogP contribution in [0.2, 0.25) is 0 Å². The van der Waals surface area contributed by atoms with Crippen LogP contribution in [0, 0.1) is 17.6 Å². The lowest BCUT2D eigenvalue weighted by Gasteiger charge is -2.32. The summed E-state index contributed by atoms with van der Waals surface area (Å²) < 4.78 is 53.6. The molecule has 4 nitrogen and oxygen atoms in total. The first-order valence-corrected chi connectivity index (χ1v) is 8.96. The van der Waals surface area contributed by atoms with Gasteiger partial charge in [0.1, 0.15) is 16.5 Å². The smallest absolute Gasteiger partial charge is 0.243 e. The van der Waals surface area contributed by atoms with Gasteiger partial charge in [-0.3, -0.25) is 0 Å². The van der Waals surface area contributed by atoms with Crippen molar-refractivity contribution in [2.24, 2.45) is 5.92 Å². The number of hydrogen-bond donors (Lipinski definition) is 1. The number of piperidine rings is 1. The van der Waals surface area contributed by atoms with Crippen LogP contribution in [0.25, 0.3) is 0 Å². The van der Waals surface area contributed by atoms with Crippen LogP contribution in [0.1, 0.15) is 26.7 Å². The van der Waals surface area contributed by atoms with Gasteiger partial charge in [-0.15, -0.1) is 0 Å². The van der Waals surface area contributed by atoms with Crippen molar-refractivity contribution in [3.05, 3.63) is 29.8 Å². The molecule has 1 fully saturated rings. The lowest BCUT2D eigenvalue weighted by Crippen LogP contribution is -2.45. The molecule has 2 rings (SSSR count). The molecule has 0 amide bonds. The van der Waals surface area contributed by atoms with Crippen LogP contribution in [0.3, 0.4) is 0 Å². The molecule has 0 radical (unpaired) electrons. The van der Waals surface area contributed by atoms with Crippen LogP contribution in [-0.2, 0) is 10.0 Å². The molecule has 7 heteroatoms. The van der Waals surface area contributed by atoms with Crippen molar-refractivity contribution in [3.8, 4) is 0 Å².